The van der Waals surface area contributed by atoms with E-state index in [9.17, 15) is 4.79 Å². The molecule has 22 heavy (non-hydrogen) atoms. The molecule has 0 spiro atoms. The number of nitrogens with zero attached hydrogens (tertiary/aromatic N) is 2. The first-order valence-electron chi connectivity index (χ1n) is 6.68. The van der Waals surface area contributed by atoms with E-state index >= 15 is 0 Å². The highest BCUT2D eigenvalue weighted by atomic mass is 35.5. The zero-order chi connectivity index (χ0) is 15.7. The van der Waals surface area contributed by atoms with E-state index in [4.69, 9.17) is 16.3 Å². The van der Waals surface area contributed by atoms with Crippen LogP contribution in [0.3, 0.4) is 0 Å². The predicted octanol–water partition coefficient (Wildman–Crippen LogP) is 2.59. The molecule has 2 heterocycles. The van der Waals surface area contributed by atoms with Crippen molar-refractivity contribution in [3.63, 3.8) is 0 Å². The summed E-state index contributed by atoms with van der Waals surface area (Å²) in [5.41, 5.74) is 6.30. The molecule has 1 aliphatic rings. The third kappa shape index (κ3) is 2.58. The van der Waals surface area contributed by atoms with Crippen LogP contribution < -0.4 is 15.8 Å². The number of hydrogen-bond donors (Lipinski definition) is 2. The van der Waals surface area contributed by atoms with E-state index in [1.807, 2.05) is 30.3 Å². The number of ether oxygens (including phenoxy) is 1. The number of pyridine rings is 1. The zero-order valence-corrected chi connectivity index (χ0v) is 12.9. The molecule has 114 valence electrons. The highest BCUT2D eigenvalue weighted by molar-refractivity contribution is 6.30. The summed E-state index contributed by atoms with van der Waals surface area (Å²) >= 11 is 6.08. The Kier molecular flexibility index (Phi) is 3.87. The van der Waals surface area contributed by atoms with Crippen LogP contribution in [0.15, 0.2) is 36.7 Å². The quantitative estimate of drug-likeness (QED) is 0.848. The first kappa shape index (κ1) is 14.6. The van der Waals surface area contributed by atoms with Crippen molar-refractivity contribution in [3.05, 3.63) is 52.8 Å². The molecule has 0 radical (unpaired) electrons. The second-order valence-electron chi connectivity index (χ2n) is 4.88. The topological polar surface area (TPSA) is 66.5 Å². The van der Waals surface area contributed by atoms with Gasteiger partial charge in [0.2, 0.25) is 0 Å². The minimum absolute atomic E-state index is 0.216. The Labute approximate surface area is 133 Å². The predicted molar refractivity (Wildman–Crippen MR) is 84.9 cm³/mol. The monoisotopic (exact) mass is 318 g/mol. The maximum absolute atomic E-state index is 11.8. The van der Waals surface area contributed by atoms with Crippen molar-refractivity contribution in [1.82, 2.24) is 10.4 Å². The molecule has 0 saturated heterocycles. The molecule has 3 rings (SSSR count). The lowest BCUT2D eigenvalue weighted by atomic mass is 10.1. The number of methoxy groups -OCH3 is 1. The highest BCUT2D eigenvalue weighted by Crippen LogP contribution is 2.34. The molecule has 7 heteroatoms. The zero-order valence-electron chi connectivity index (χ0n) is 12.1. The van der Waals surface area contributed by atoms with Crippen LogP contribution in [0.2, 0.25) is 5.02 Å². The summed E-state index contributed by atoms with van der Waals surface area (Å²) < 4.78 is 4.79. The van der Waals surface area contributed by atoms with Crippen LogP contribution in [-0.4, -0.2) is 25.1 Å². The number of carbonyl (C=O) groups is 1. The molecule has 0 saturated carbocycles. The highest BCUT2D eigenvalue weighted by Gasteiger charge is 2.27. The van der Waals surface area contributed by atoms with E-state index in [0.29, 0.717) is 16.3 Å². The molecular weight excluding hydrogens is 304 g/mol. The normalized spacial score (nSPS) is 16.3. The molecule has 2 aromatic rings. The molecule has 6 nitrogen and oxygen atoms in total. The van der Waals surface area contributed by atoms with Gasteiger partial charge in [-0.1, -0.05) is 11.6 Å². The number of esters is 1. The van der Waals surface area contributed by atoms with Gasteiger partial charge in [-0.3, -0.25) is 4.98 Å². The molecule has 0 amide bonds. The number of anilines is 2. The van der Waals surface area contributed by atoms with Gasteiger partial charge in [0.25, 0.3) is 0 Å². The van der Waals surface area contributed by atoms with Crippen molar-refractivity contribution in [2.75, 3.05) is 24.5 Å². The van der Waals surface area contributed by atoms with E-state index in [-0.39, 0.29) is 6.17 Å². The van der Waals surface area contributed by atoms with Crippen molar-refractivity contribution < 1.29 is 9.53 Å². The molecular formula is C15H15ClN4O2. The number of carbonyl (C=O) groups excluding carboxylic acids is 1. The van der Waals surface area contributed by atoms with Gasteiger partial charge in [0.15, 0.2) is 0 Å². The summed E-state index contributed by atoms with van der Waals surface area (Å²) in [5, 5.41) is 5.82. The molecule has 1 aliphatic heterocycles. The number of nitrogens with one attached hydrogen (secondary N) is 2. The second-order valence-corrected chi connectivity index (χ2v) is 5.32. The Balaban J connectivity index is 1.93. The molecule has 2 N–H and O–H groups in total. The molecule has 1 atom stereocenters. The van der Waals surface area contributed by atoms with Gasteiger partial charge in [0, 0.05) is 23.8 Å². The Morgan fingerprint density at radius 1 is 1.45 bits per heavy atom. The van der Waals surface area contributed by atoms with Crippen molar-refractivity contribution in [3.8, 4) is 0 Å². The molecule has 1 aromatic heterocycles. The van der Waals surface area contributed by atoms with Gasteiger partial charge in [-0.2, -0.15) is 0 Å². The first-order valence-corrected chi connectivity index (χ1v) is 7.06. The van der Waals surface area contributed by atoms with Crippen LogP contribution in [0.4, 0.5) is 11.4 Å². The molecule has 1 unspecified atom stereocenters. The largest absolute Gasteiger partial charge is 0.465 e. The number of hydrogen-bond acceptors (Lipinski definition) is 6. The van der Waals surface area contributed by atoms with Gasteiger partial charge in [0.1, 0.15) is 6.17 Å². The molecule has 0 bridgehead atoms. The van der Waals surface area contributed by atoms with Crippen molar-refractivity contribution >= 4 is 28.9 Å². The summed E-state index contributed by atoms with van der Waals surface area (Å²) in [6.45, 7) is 0. The molecule has 0 fully saturated rings. The lowest BCUT2D eigenvalue weighted by Crippen LogP contribution is -2.34. The van der Waals surface area contributed by atoms with E-state index in [1.165, 1.54) is 7.11 Å². The Morgan fingerprint density at radius 2 is 2.27 bits per heavy atom. The molecule has 0 aliphatic carbocycles. The SMILES string of the molecule is COC(=O)c1ccncc1NC1NN(C)c2ccc(Cl)cc21. The maximum atomic E-state index is 11.8. The Bertz CT molecular complexity index is 722. The van der Waals surface area contributed by atoms with Crippen LogP contribution in [0.1, 0.15) is 22.1 Å². The average Bonchev–Trinajstić information content (AvgIpc) is 2.82. The van der Waals surface area contributed by atoms with E-state index in [0.717, 1.165) is 11.3 Å². The summed E-state index contributed by atoms with van der Waals surface area (Å²) in [4.78, 5) is 15.9. The van der Waals surface area contributed by atoms with E-state index < -0.39 is 5.97 Å². The minimum Gasteiger partial charge on any atom is -0.465 e. The van der Waals surface area contributed by atoms with Gasteiger partial charge in [-0.25, -0.2) is 10.2 Å². The van der Waals surface area contributed by atoms with Crippen molar-refractivity contribution in [2.24, 2.45) is 0 Å². The van der Waals surface area contributed by atoms with Gasteiger partial charge >= 0.3 is 5.97 Å². The van der Waals surface area contributed by atoms with Crippen LogP contribution in [0, 0.1) is 0 Å². The number of hydrazine groups is 1. The minimum atomic E-state index is -0.414. The lowest BCUT2D eigenvalue weighted by molar-refractivity contribution is 0.0601. The first-order chi connectivity index (χ1) is 10.6. The smallest absolute Gasteiger partial charge is 0.340 e. The van der Waals surface area contributed by atoms with Crippen LogP contribution >= 0.6 is 11.6 Å². The van der Waals surface area contributed by atoms with Crippen LogP contribution in [0.25, 0.3) is 0 Å². The van der Waals surface area contributed by atoms with E-state index in [1.54, 1.807) is 18.5 Å². The summed E-state index contributed by atoms with van der Waals surface area (Å²) in [5.74, 6) is -0.414. The van der Waals surface area contributed by atoms with Crippen LogP contribution in [-0.2, 0) is 4.74 Å². The maximum Gasteiger partial charge on any atom is 0.340 e. The second kappa shape index (κ2) is 5.82. The third-order valence-electron chi connectivity index (χ3n) is 3.51. The number of fused-ring (bicyclic) bond motifs is 1. The Hall–Kier alpha value is -2.31. The van der Waals surface area contributed by atoms with Gasteiger partial charge in [0.05, 0.1) is 30.2 Å². The summed E-state index contributed by atoms with van der Waals surface area (Å²) in [6, 6.07) is 7.28. The fourth-order valence-corrected chi connectivity index (χ4v) is 2.64. The number of halogens is 1. The third-order valence-corrected chi connectivity index (χ3v) is 3.75. The lowest BCUT2D eigenvalue weighted by Gasteiger charge is -2.18. The standard InChI is InChI=1S/C15H15ClN4O2/c1-20-13-4-3-9(16)7-11(13)14(19-20)18-12-8-17-6-5-10(12)15(21)22-2/h3-8,14,18-19H,1-2H3. The van der Waals surface area contributed by atoms with Gasteiger partial charge in [-0.15, -0.1) is 0 Å². The number of benzene rings is 1. The fraction of sp³-hybridized carbons (Fsp3) is 0.200. The Morgan fingerprint density at radius 3 is 3.05 bits per heavy atom. The van der Waals surface area contributed by atoms with Crippen molar-refractivity contribution in [1.29, 1.82) is 0 Å². The average molecular weight is 319 g/mol. The van der Waals surface area contributed by atoms with Crippen LogP contribution in [0.5, 0.6) is 0 Å². The number of aromatic nitrogens is 1. The number of rotatable bonds is 3. The van der Waals surface area contributed by atoms with Crippen molar-refractivity contribution in [2.45, 2.75) is 6.17 Å². The molecule has 1 aromatic carbocycles. The summed E-state index contributed by atoms with van der Waals surface area (Å²) in [7, 11) is 3.27. The van der Waals surface area contributed by atoms with Gasteiger partial charge < -0.3 is 15.1 Å². The fourth-order valence-electron chi connectivity index (χ4n) is 2.46. The van der Waals surface area contributed by atoms with E-state index in [2.05, 4.69) is 15.7 Å². The summed E-state index contributed by atoms with van der Waals surface area (Å²) in [6.07, 6.45) is 2.93. The van der Waals surface area contributed by atoms with Gasteiger partial charge in [-0.05, 0) is 24.3 Å².